The highest BCUT2D eigenvalue weighted by molar-refractivity contribution is 5.27. The van der Waals surface area contributed by atoms with E-state index in [1.54, 1.807) is 6.92 Å². The molecule has 25 heavy (non-hydrogen) atoms. The molecule has 5 fully saturated rings. The van der Waals surface area contributed by atoms with E-state index in [-0.39, 0.29) is 17.4 Å². The monoisotopic (exact) mass is 364 g/mol. The molecule has 4 aliphatic heterocycles. The van der Waals surface area contributed by atoms with Crippen molar-refractivity contribution in [3.63, 3.8) is 0 Å². The third-order valence-electron chi connectivity index (χ3n) is 6.50. The van der Waals surface area contributed by atoms with Gasteiger partial charge in [0.15, 0.2) is 11.9 Å². The molecule has 0 aromatic carbocycles. The molecule has 0 N–H and O–H groups in total. The summed E-state index contributed by atoms with van der Waals surface area (Å²) in [6, 6.07) is 0. The van der Waals surface area contributed by atoms with Crippen LogP contribution in [0.4, 0.5) is 13.2 Å². The molecule has 142 valence electrons. The maximum atomic E-state index is 13.9. The Bertz CT molecular complexity index is 595. The van der Waals surface area contributed by atoms with Crippen LogP contribution in [0, 0.1) is 17.8 Å². The van der Waals surface area contributed by atoms with Crippen molar-refractivity contribution < 1.29 is 37.2 Å². The van der Waals surface area contributed by atoms with Gasteiger partial charge in [0.05, 0.1) is 0 Å². The molecule has 0 unspecified atom stereocenters. The smallest absolute Gasteiger partial charge is 0.342 e. The first-order valence-electron chi connectivity index (χ1n) is 8.63. The van der Waals surface area contributed by atoms with Crippen molar-refractivity contribution in [3.05, 3.63) is 12.2 Å². The van der Waals surface area contributed by atoms with Crippen molar-refractivity contribution in [1.82, 2.24) is 0 Å². The Kier molecular flexibility index (Phi) is 3.68. The van der Waals surface area contributed by atoms with Crippen LogP contribution < -0.4 is 0 Å². The number of fused-ring (bicyclic) bond motifs is 2. The number of methoxy groups -OCH3 is 1. The number of ether oxygens (including phenoxy) is 3. The summed E-state index contributed by atoms with van der Waals surface area (Å²) in [4.78, 5) is 11.3. The highest BCUT2D eigenvalue weighted by Gasteiger charge is 2.76. The van der Waals surface area contributed by atoms with E-state index in [1.165, 1.54) is 0 Å². The van der Waals surface area contributed by atoms with Crippen molar-refractivity contribution in [1.29, 1.82) is 0 Å². The van der Waals surface area contributed by atoms with E-state index in [1.807, 2.05) is 0 Å². The summed E-state index contributed by atoms with van der Waals surface area (Å²) in [6.45, 7) is 7.48. The van der Waals surface area contributed by atoms with Gasteiger partial charge in [-0.05, 0) is 43.6 Å². The molecule has 2 bridgehead atoms. The largest absolute Gasteiger partial charge is 0.447 e. The topological polar surface area (TPSA) is 46.2 Å². The first-order valence-corrected chi connectivity index (χ1v) is 8.63. The summed E-state index contributed by atoms with van der Waals surface area (Å²) in [6.07, 6.45) is -3.50. The number of hydrogen-bond donors (Lipinski definition) is 0. The Morgan fingerprint density at radius 2 is 1.88 bits per heavy atom. The summed E-state index contributed by atoms with van der Waals surface area (Å²) < 4.78 is 58.0. The van der Waals surface area contributed by atoms with Gasteiger partial charge in [-0.1, -0.05) is 13.5 Å². The Morgan fingerprint density at radius 1 is 1.16 bits per heavy atom. The van der Waals surface area contributed by atoms with Gasteiger partial charge in [0.1, 0.15) is 0 Å². The molecule has 0 aromatic rings. The first kappa shape index (κ1) is 17.7. The number of hydrogen-bond acceptors (Lipinski definition) is 5. The van der Waals surface area contributed by atoms with Crippen LogP contribution in [-0.2, 0) is 24.0 Å². The average molecular weight is 364 g/mol. The molecule has 7 atom stereocenters. The lowest BCUT2D eigenvalue weighted by Crippen LogP contribution is -2.73. The Balaban J connectivity index is 1.87. The molecule has 5 aliphatic rings. The van der Waals surface area contributed by atoms with E-state index >= 15 is 0 Å². The van der Waals surface area contributed by atoms with Gasteiger partial charge < -0.3 is 14.2 Å². The van der Waals surface area contributed by atoms with E-state index in [2.05, 4.69) is 13.5 Å². The SMILES string of the molecule is C=C1[C@@H]2CC[C@@H](C)[C@@H]3CC[C@@]4(C)OO[C@@]23[C@@H](O4)O[C@@]1(OC)C(F)(F)F. The zero-order chi connectivity index (χ0) is 18.3. The molecule has 8 heteroatoms. The molecular formula is C17H23F3O5. The van der Waals surface area contributed by atoms with E-state index in [0.29, 0.717) is 12.8 Å². The zero-order valence-electron chi connectivity index (χ0n) is 14.5. The zero-order valence-corrected chi connectivity index (χ0v) is 14.5. The van der Waals surface area contributed by atoms with Crippen molar-refractivity contribution in [2.24, 2.45) is 17.8 Å². The molecule has 4 heterocycles. The molecule has 0 radical (unpaired) electrons. The van der Waals surface area contributed by atoms with Crippen LogP contribution in [0.15, 0.2) is 12.2 Å². The van der Waals surface area contributed by atoms with E-state index in [0.717, 1.165) is 20.0 Å². The summed E-state index contributed by atoms with van der Waals surface area (Å²) in [7, 11) is 0.980. The quantitative estimate of drug-likeness (QED) is 0.525. The first-order chi connectivity index (χ1) is 11.6. The predicted octanol–water partition coefficient (Wildman–Crippen LogP) is 3.69. The fraction of sp³-hybridized carbons (Fsp3) is 0.882. The molecule has 0 amide bonds. The molecule has 1 aliphatic carbocycles. The van der Waals surface area contributed by atoms with Gasteiger partial charge in [0, 0.05) is 19.4 Å². The van der Waals surface area contributed by atoms with Crippen LogP contribution in [-0.4, -0.2) is 36.8 Å². The van der Waals surface area contributed by atoms with Crippen molar-refractivity contribution in [2.75, 3.05) is 7.11 Å². The lowest BCUT2D eigenvalue weighted by atomic mass is 9.58. The maximum absolute atomic E-state index is 13.9. The van der Waals surface area contributed by atoms with E-state index in [9.17, 15) is 13.2 Å². The number of alkyl halides is 3. The fourth-order valence-corrected chi connectivity index (χ4v) is 5.15. The second-order valence-corrected chi connectivity index (χ2v) is 7.82. The van der Waals surface area contributed by atoms with Gasteiger partial charge in [-0.2, -0.15) is 13.2 Å². The lowest BCUT2D eigenvalue weighted by Gasteiger charge is -2.61. The molecule has 1 saturated carbocycles. The van der Waals surface area contributed by atoms with E-state index < -0.39 is 35.6 Å². The Morgan fingerprint density at radius 3 is 2.52 bits per heavy atom. The van der Waals surface area contributed by atoms with Gasteiger partial charge in [-0.25, -0.2) is 9.78 Å². The molecule has 0 aromatic heterocycles. The minimum Gasteiger partial charge on any atom is -0.342 e. The average Bonchev–Trinajstić information content (AvgIpc) is 2.76. The predicted molar refractivity (Wildman–Crippen MR) is 78.8 cm³/mol. The van der Waals surface area contributed by atoms with Gasteiger partial charge in [-0.3, -0.25) is 0 Å². The fourth-order valence-electron chi connectivity index (χ4n) is 5.15. The van der Waals surface area contributed by atoms with E-state index in [4.69, 9.17) is 24.0 Å². The Labute approximate surface area is 144 Å². The van der Waals surface area contributed by atoms with Gasteiger partial charge in [-0.15, -0.1) is 0 Å². The van der Waals surface area contributed by atoms with Crippen LogP contribution in [0.2, 0.25) is 0 Å². The summed E-state index contributed by atoms with van der Waals surface area (Å²) in [5.41, 5.74) is -1.30. The summed E-state index contributed by atoms with van der Waals surface area (Å²) in [5, 5.41) is 0. The van der Waals surface area contributed by atoms with Crippen LogP contribution in [0.1, 0.15) is 39.5 Å². The second kappa shape index (κ2) is 5.19. The summed E-state index contributed by atoms with van der Waals surface area (Å²) >= 11 is 0. The normalized spacial score (nSPS) is 52.6. The van der Waals surface area contributed by atoms with Crippen LogP contribution >= 0.6 is 0 Å². The standard InChI is InChI=1S/C17H23F3O5/c1-9-5-6-12-10(2)16(21-4,17(18,19)20)23-13-15(12)11(9)7-8-14(3,22-13)24-25-15/h9,11-13H,2,5-8H2,1,3-4H3/t9-,11+,12+,13+,14-,15-,16-/m1/s1. The van der Waals surface area contributed by atoms with Gasteiger partial charge in [0.2, 0.25) is 5.79 Å². The van der Waals surface area contributed by atoms with Crippen molar-refractivity contribution in [2.45, 2.75) is 69.2 Å². The molecule has 5 nitrogen and oxygen atoms in total. The van der Waals surface area contributed by atoms with Crippen LogP contribution in [0.5, 0.6) is 0 Å². The molecular weight excluding hydrogens is 341 g/mol. The summed E-state index contributed by atoms with van der Waals surface area (Å²) in [5.74, 6) is -4.45. The highest BCUT2D eigenvalue weighted by Crippen LogP contribution is 2.63. The minimum absolute atomic E-state index is 0.0413. The number of rotatable bonds is 1. The molecule has 4 saturated heterocycles. The van der Waals surface area contributed by atoms with Crippen LogP contribution in [0.3, 0.4) is 0 Å². The third kappa shape index (κ3) is 2.09. The number of halogens is 3. The minimum atomic E-state index is -4.78. The maximum Gasteiger partial charge on any atom is 0.447 e. The lowest BCUT2D eigenvalue weighted by molar-refractivity contribution is -0.582. The van der Waals surface area contributed by atoms with Gasteiger partial charge in [0.25, 0.3) is 5.79 Å². The molecule has 5 rings (SSSR count). The van der Waals surface area contributed by atoms with Crippen molar-refractivity contribution in [3.8, 4) is 0 Å². The van der Waals surface area contributed by atoms with Gasteiger partial charge >= 0.3 is 6.18 Å². The van der Waals surface area contributed by atoms with Crippen LogP contribution in [0.25, 0.3) is 0 Å². The Hall–Kier alpha value is -0.670. The highest BCUT2D eigenvalue weighted by atomic mass is 19.4. The molecule has 1 spiro atoms. The van der Waals surface area contributed by atoms with Crippen molar-refractivity contribution >= 4 is 0 Å². The third-order valence-corrected chi connectivity index (χ3v) is 6.50. The second-order valence-electron chi connectivity index (χ2n) is 7.82.